The van der Waals surface area contributed by atoms with Gasteiger partial charge in [-0.25, -0.2) is 4.99 Å². The van der Waals surface area contributed by atoms with Crippen LogP contribution >= 0.6 is 24.0 Å². The smallest absolute Gasteiger partial charge is 0.243 e. The van der Waals surface area contributed by atoms with Crippen LogP contribution in [0.1, 0.15) is 40.0 Å². The summed E-state index contributed by atoms with van der Waals surface area (Å²) in [5, 5.41) is 6.62. The van der Waals surface area contributed by atoms with Crippen LogP contribution in [0.2, 0.25) is 0 Å². The normalized spacial score (nSPS) is 22.7. The Balaban J connectivity index is 0.00000441. The molecule has 130 valence electrons. The maximum absolute atomic E-state index is 11.7. The third kappa shape index (κ3) is 7.62. The number of aliphatic imine (C=N–C) groups is 1. The van der Waals surface area contributed by atoms with Crippen molar-refractivity contribution in [3.05, 3.63) is 0 Å². The molecule has 22 heavy (non-hydrogen) atoms. The fourth-order valence-electron chi connectivity index (χ4n) is 2.02. The molecule has 1 rings (SSSR count). The van der Waals surface area contributed by atoms with E-state index in [4.69, 9.17) is 4.74 Å². The molecule has 0 aliphatic carbocycles. The van der Waals surface area contributed by atoms with Crippen molar-refractivity contribution in [2.45, 2.75) is 51.7 Å². The van der Waals surface area contributed by atoms with Gasteiger partial charge in [0.05, 0.1) is 5.60 Å². The predicted molar refractivity (Wildman–Crippen MR) is 101 cm³/mol. The number of hydrogen-bond donors (Lipinski definition) is 2. The Labute approximate surface area is 151 Å². The van der Waals surface area contributed by atoms with Gasteiger partial charge in [-0.15, -0.1) is 24.0 Å². The molecular weight excluding hydrogens is 395 g/mol. The van der Waals surface area contributed by atoms with Gasteiger partial charge < -0.3 is 20.3 Å². The Bertz CT molecular complexity index is 369. The molecule has 1 saturated heterocycles. The summed E-state index contributed by atoms with van der Waals surface area (Å²) in [6, 6.07) is 0.308. The van der Waals surface area contributed by atoms with Gasteiger partial charge in [0.25, 0.3) is 0 Å². The number of amides is 1. The summed E-state index contributed by atoms with van der Waals surface area (Å²) < 4.78 is 5.77. The second kappa shape index (κ2) is 10.3. The number of guanidine groups is 1. The Hall–Kier alpha value is -0.570. The van der Waals surface area contributed by atoms with Crippen LogP contribution in [0.15, 0.2) is 4.99 Å². The summed E-state index contributed by atoms with van der Waals surface area (Å²) in [5.74, 6) is 0.667. The molecule has 0 aromatic rings. The van der Waals surface area contributed by atoms with Crippen LogP contribution in [-0.4, -0.2) is 62.2 Å². The van der Waals surface area contributed by atoms with E-state index in [0.717, 1.165) is 25.9 Å². The van der Waals surface area contributed by atoms with Gasteiger partial charge in [0, 0.05) is 33.3 Å². The largest absolute Gasteiger partial charge is 0.373 e. The molecule has 0 saturated carbocycles. The van der Waals surface area contributed by atoms with E-state index in [9.17, 15) is 4.79 Å². The molecule has 7 heteroatoms. The van der Waals surface area contributed by atoms with Crippen LogP contribution in [0, 0.1) is 0 Å². The number of likely N-dealkylation sites (N-methyl/N-ethyl adjacent to an activating group) is 1. The van der Waals surface area contributed by atoms with Crippen molar-refractivity contribution in [2.75, 3.05) is 33.8 Å². The molecule has 1 fully saturated rings. The topological polar surface area (TPSA) is 66.0 Å². The maximum atomic E-state index is 11.7. The number of hydrogen-bond acceptors (Lipinski definition) is 3. The summed E-state index contributed by atoms with van der Waals surface area (Å²) in [4.78, 5) is 17.6. The van der Waals surface area contributed by atoms with Crippen LogP contribution in [0.4, 0.5) is 0 Å². The number of halogens is 1. The zero-order valence-electron chi connectivity index (χ0n) is 14.4. The van der Waals surface area contributed by atoms with Crippen molar-refractivity contribution < 1.29 is 9.53 Å². The van der Waals surface area contributed by atoms with Gasteiger partial charge in [0.1, 0.15) is 6.54 Å². The molecule has 1 aliphatic heterocycles. The van der Waals surface area contributed by atoms with Gasteiger partial charge in [-0.3, -0.25) is 4.79 Å². The van der Waals surface area contributed by atoms with Gasteiger partial charge in [0.2, 0.25) is 5.91 Å². The zero-order valence-corrected chi connectivity index (χ0v) is 16.8. The van der Waals surface area contributed by atoms with E-state index in [2.05, 4.69) is 36.4 Å². The number of carbonyl (C=O) groups excluding carboxylic acids is 1. The van der Waals surface area contributed by atoms with Gasteiger partial charge in [-0.1, -0.05) is 6.92 Å². The SMILES string of the molecule is CCC(C)NC(=NCC(=O)N(C)C)NCC1(C)CCCO1.I. The minimum absolute atomic E-state index is 0. The van der Waals surface area contributed by atoms with Crippen molar-refractivity contribution in [3.63, 3.8) is 0 Å². The van der Waals surface area contributed by atoms with Crippen molar-refractivity contribution in [1.82, 2.24) is 15.5 Å². The summed E-state index contributed by atoms with van der Waals surface area (Å²) in [6.45, 7) is 7.99. The molecular formula is C15H31IN4O2. The molecule has 0 aromatic heterocycles. The lowest BCUT2D eigenvalue weighted by Crippen LogP contribution is -2.48. The summed E-state index contributed by atoms with van der Waals surface area (Å²) in [5.41, 5.74) is -0.135. The third-order valence-corrected chi connectivity index (χ3v) is 3.80. The number of nitrogens with one attached hydrogen (secondary N) is 2. The number of ether oxygens (including phenoxy) is 1. The minimum atomic E-state index is -0.135. The van der Waals surface area contributed by atoms with E-state index in [1.54, 1.807) is 19.0 Å². The average molecular weight is 426 g/mol. The summed E-state index contributed by atoms with van der Waals surface area (Å²) >= 11 is 0. The lowest BCUT2D eigenvalue weighted by atomic mass is 10.0. The van der Waals surface area contributed by atoms with Crippen LogP contribution in [0.25, 0.3) is 0 Å². The Morgan fingerprint density at radius 3 is 2.64 bits per heavy atom. The van der Waals surface area contributed by atoms with Gasteiger partial charge in [-0.2, -0.15) is 0 Å². The van der Waals surface area contributed by atoms with Crippen molar-refractivity contribution in [2.24, 2.45) is 4.99 Å². The quantitative estimate of drug-likeness (QED) is 0.385. The van der Waals surface area contributed by atoms with Gasteiger partial charge in [-0.05, 0) is 33.1 Å². The molecule has 1 amide bonds. The fraction of sp³-hybridized carbons (Fsp3) is 0.867. The lowest BCUT2D eigenvalue weighted by Gasteiger charge is -2.26. The molecule has 2 atom stereocenters. The van der Waals surface area contributed by atoms with E-state index in [1.165, 1.54) is 0 Å². The van der Waals surface area contributed by atoms with Crippen LogP contribution in [0.3, 0.4) is 0 Å². The highest BCUT2D eigenvalue weighted by Crippen LogP contribution is 2.23. The van der Waals surface area contributed by atoms with E-state index < -0.39 is 0 Å². The highest BCUT2D eigenvalue weighted by Gasteiger charge is 2.29. The molecule has 0 spiro atoms. The molecule has 0 radical (unpaired) electrons. The first-order valence-corrected chi connectivity index (χ1v) is 7.75. The fourth-order valence-corrected chi connectivity index (χ4v) is 2.02. The molecule has 2 N–H and O–H groups in total. The van der Waals surface area contributed by atoms with E-state index in [0.29, 0.717) is 18.5 Å². The number of nitrogens with zero attached hydrogens (tertiary/aromatic N) is 2. The van der Waals surface area contributed by atoms with E-state index >= 15 is 0 Å². The molecule has 6 nitrogen and oxygen atoms in total. The Kier molecular flexibility index (Phi) is 9.99. The van der Waals surface area contributed by atoms with Gasteiger partial charge >= 0.3 is 0 Å². The molecule has 0 aromatic carbocycles. The van der Waals surface area contributed by atoms with Gasteiger partial charge in [0.15, 0.2) is 5.96 Å². The lowest BCUT2D eigenvalue weighted by molar-refractivity contribution is -0.127. The monoisotopic (exact) mass is 426 g/mol. The van der Waals surface area contributed by atoms with Crippen molar-refractivity contribution in [3.8, 4) is 0 Å². The second-order valence-electron chi connectivity index (χ2n) is 6.16. The first-order valence-electron chi connectivity index (χ1n) is 7.75. The van der Waals surface area contributed by atoms with E-state index in [-0.39, 0.29) is 42.0 Å². The summed E-state index contributed by atoms with van der Waals surface area (Å²) in [6.07, 6.45) is 3.14. The number of carbonyl (C=O) groups is 1. The predicted octanol–water partition coefficient (Wildman–Crippen LogP) is 1.60. The third-order valence-electron chi connectivity index (χ3n) is 3.80. The first-order chi connectivity index (χ1) is 9.86. The van der Waals surface area contributed by atoms with Crippen LogP contribution in [-0.2, 0) is 9.53 Å². The highest BCUT2D eigenvalue weighted by atomic mass is 127. The summed E-state index contributed by atoms with van der Waals surface area (Å²) in [7, 11) is 3.47. The molecule has 0 bridgehead atoms. The van der Waals surface area contributed by atoms with Crippen molar-refractivity contribution >= 4 is 35.8 Å². The second-order valence-corrected chi connectivity index (χ2v) is 6.16. The zero-order chi connectivity index (χ0) is 15.9. The van der Waals surface area contributed by atoms with E-state index in [1.807, 2.05) is 0 Å². The average Bonchev–Trinajstić information content (AvgIpc) is 2.88. The minimum Gasteiger partial charge on any atom is -0.373 e. The molecule has 2 unspecified atom stereocenters. The standard InChI is InChI=1S/C15H30N4O2.HI/c1-6-12(2)18-14(16-10-13(20)19(4)5)17-11-15(3)8-7-9-21-15;/h12H,6-11H2,1-5H3,(H2,16,17,18);1H. The molecule has 1 aliphatic rings. The number of rotatable bonds is 6. The first kappa shape index (κ1) is 21.4. The Morgan fingerprint density at radius 2 is 2.14 bits per heavy atom. The van der Waals surface area contributed by atoms with Crippen LogP contribution < -0.4 is 10.6 Å². The van der Waals surface area contributed by atoms with Crippen LogP contribution in [0.5, 0.6) is 0 Å². The highest BCUT2D eigenvalue weighted by molar-refractivity contribution is 14.0. The molecule has 1 heterocycles. The maximum Gasteiger partial charge on any atom is 0.243 e. The van der Waals surface area contributed by atoms with Crippen molar-refractivity contribution in [1.29, 1.82) is 0 Å². The Morgan fingerprint density at radius 1 is 1.45 bits per heavy atom.